The lowest BCUT2D eigenvalue weighted by Crippen LogP contribution is -2.20. The van der Waals surface area contributed by atoms with Gasteiger partial charge in [0.25, 0.3) is 0 Å². The number of nitrogens with zero attached hydrogens (tertiary/aromatic N) is 1. The van der Waals surface area contributed by atoms with Crippen LogP contribution in [0.2, 0.25) is 0 Å². The molecule has 0 saturated carbocycles. The lowest BCUT2D eigenvalue weighted by atomic mass is 9.89. The molecule has 0 aliphatic heterocycles. The van der Waals surface area contributed by atoms with Crippen LogP contribution in [0.25, 0.3) is 0 Å². The van der Waals surface area contributed by atoms with Gasteiger partial charge in [-0.1, -0.05) is 26.8 Å². The third-order valence-corrected chi connectivity index (χ3v) is 4.51. The zero-order valence-corrected chi connectivity index (χ0v) is 14.6. The minimum Gasteiger partial charge on any atom is -0.396 e. The SMILES string of the molecule is CC(C)(C)C(=O)c1sc(Nc2cccc(C(F)(F)F)c2)c(C#N)c1N. The third kappa shape index (κ3) is 3.94. The third-order valence-electron chi connectivity index (χ3n) is 3.39. The van der Waals surface area contributed by atoms with Gasteiger partial charge < -0.3 is 11.1 Å². The number of nitrogens with two attached hydrogens (primary N) is 1. The molecule has 0 atom stereocenters. The minimum absolute atomic E-state index is 0.0434. The van der Waals surface area contributed by atoms with E-state index in [1.807, 2.05) is 6.07 Å². The van der Waals surface area contributed by atoms with E-state index in [4.69, 9.17) is 5.73 Å². The molecular formula is C17H16F3N3OS. The summed E-state index contributed by atoms with van der Waals surface area (Å²) in [5, 5.41) is 12.3. The zero-order valence-electron chi connectivity index (χ0n) is 13.8. The van der Waals surface area contributed by atoms with E-state index in [1.54, 1.807) is 20.8 Å². The van der Waals surface area contributed by atoms with E-state index in [0.29, 0.717) is 0 Å². The van der Waals surface area contributed by atoms with E-state index in [2.05, 4.69) is 5.32 Å². The Morgan fingerprint density at radius 2 is 1.92 bits per heavy atom. The average Bonchev–Trinajstić information content (AvgIpc) is 2.80. The predicted molar refractivity (Wildman–Crippen MR) is 92.0 cm³/mol. The number of benzene rings is 1. The lowest BCUT2D eigenvalue weighted by molar-refractivity contribution is -0.137. The fourth-order valence-corrected chi connectivity index (χ4v) is 3.30. The second-order valence-corrected chi connectivity index (χ2v) is 7.46. The molecule has 0 unspecified atom stereocenters. The van der Waals surface area contributed by atoms with Crippen LogP contribution < -0.4 is 11.1 Å². The van der Waals surface area contributed by atoms with Crippen molar-refractivity contribution >= 4 is 33.5 Å². The zero-order chi connectivity index (χ0) is 19.0. The maximum absolute atomic E-state index is 12.8. The van der Waals surface area contributed by atoms with Crippen LogP contribution in [0.5, 0.6) is 0 Å². The van der Waals surface area contributed by atoms with Crippen molar-refractivity contribution in [3.05, 3.63) is 40.3 Å². The Balaban J connectivity index is 2.45. The number of ketones is 1. The van der Waals surface area contributed by atoms with Crippen molar-refractivity contribution in [1.82, 2.24) is 0 Å². The first kappa shape index (κ1) is 18.8. The first-order valence-electron chi connectivity index (χ1n) is 7.26. The molecule has 0 fully saturated rings. The largest absolute Gasteiger partial charge is 0.416 e. The molecule has 1 aromatic carbocycles. The molecule has 0 amide bonds. The average molecular weight is 367 g/mol. The van der Waals surface area contributed by atoms with E-state index in [0.717, 1.165) is 23.5 Å². The number of nitrogens with one attached hydrogen (secondary N) is 1. The summed E-state index contributed by atoms with van der Waals surface area (Å²) in [6, 6.07) is 6.49. The van der Waals surface area contributed by atoms with Crippen LogP contribution in [0.4, 0.5) is 29.5 Å². The number of alkyl halides is 3. The summed E-state index contributed by atoms with van der Waals surface area (Å²) in [4.78, 5) is 12.7. The van der Waals surface area contributed by atoms with Crippen molar-refractivity contribution in [3.63, 3.8) is 0 Å². The second kappa shape index (κ2) is 6.41. The number of rotatable bonds is 3. The van der Waals surface area contributed by atoms with E-state index < -0.39 is 17.2 Å². The van der Waals surface area contributed by atoms with Gasteiger partial charge >= 0.3 is 6.18 Å². The summed E-state index contributed by atoms with van der Waals surface area (Å²) >= 11 is 0.964. The van der Waals surface area contributed by atoms with Crippen molar-refractivity contribution in [1.29, 1.82) is 5.26 Å². The van der Waals surface area contributed by atoms with E-state index in [-0.39, 0.29) is 32.6 Å². The number of nitrogen functional groups attached to an aromatic ring is 1. The number of thiophene rings is 1. The molecule has 0 bridgehead atoms. The van der Waals surface area contributed by atoms with Crippen molar-refractivity contribution in [3.8, 4) is 6.07 Å². The highest BCUT2D eigenvalue weighted by atomic mass is 32.1. The number of anilines is 3. The summed E-state index contributed by atoms with van der Waals surface area (Å²) < 4.78 is 38.4. The molecule has 2 rings (SSSR count). The highest BCUT2D eigenvalue weighted by Crippen LogP contribution is 2.40. The molecule has 3 N–H and O–H groups in total. The Morgan fingerprint density at radius 1 is 1.28 bits per heavy atom. The van der Waals surface area contributed by atoms with E-state index >= 15 is 0 Å². The summed E-state index contributed by atoms with van der Waals surface area (Å²) in [6.07, 6.45) is -4.47. The first-order valence-corrected chi connectivity index (χ1v) is 8.08. The van der Waals surface area contributed by atoms with Gasteiger partial charge in [-0.15, -0.1) is 11.3 Å². The molecule has 1 aromatic heterocycles. The van der Waals surface area contributed by atoms with Crippen molar-refractivity contribution < 1.29 is 18.0 Å². The maximum atomic E-state index is 12.8. The van der Waals surface area contributed by atoms with Crippen LogP contribution in [0, 0.1) is 16.7 Å². The highest BCUT2D eigenvalue weighted by molar-refractivity contribution is 7.19. The number of hydrogen-bond donors (Lipinski definition) is 2. The monoisotopic (exact) mass is 367 g/mol. The molecule has 0 spiro atoms. The quantitative estimate of drug-likeness (QED) is 0.732. The fourth-order valence-electron chi connectivity index (χ4n) is 2.06. The van der Waals surface area contributed by atoms with Gasteiger partial charge in [-0.25, -0.2) is 0 Å². The van der Waals surface area contributed by atoms with Crippen LogP contribution in [0.1, 0.15) is 41.6 Å². The number of hydrogen-bond acceptors (Lipinski definition) is 5. The van der Waals surface area contributed by atoms with Gasteiger partial charge in [0.15, 0.2) is 5.78 Å². The maximum Gasteiger partial charge on any atom is 0.416 e. The van der Waals surface area contributed by atoms with Gasteiger partial charge in [0.05, 0.1) is 16.1 Å². The number of carbonyl (C=O) groups is 1. The molecule has 0 radical (unpaired) electrons. The van der Waals surface area contributed by atoms with Crippen LogP contribution in [-0.4, -0.2) is 5.78 Å². The standard InChI is InChI=1S/C17H16F3N3OS/c1-16(2,3)14(24)13-12(22)11(8-21)15(25-13)23-10-6-4-5-9(7-10)17(18,19)20/h4-7,23H,22H2,1-3H3. The van der Waals surface area contributed by atoms with Crippen molar-refractivity contribution in [2.24, 2.45) is 5.41 Å². The van der Waals surface area contributed by atoms with Crippen molar-refractivity contribution in [2.45, 2.75) is 26.9 Å². The fraction of sp³-hybridized carbons (Fsp3) is 0.294. The van der Waals surface area contributed by atoms with Crippen molar-refractivity contribution in [2.75, 3.05) is 11.1 Å². The number of nitriles is 1. The Bertz CT molecular complexity index is 857. The number of halogens is 3. The summed E-state index contributed by atoms with van der Waals surface area (Å²) in [5.41, 5.74) is 4.65. The summed E-state index contributed by atoms with van der Waals surface area (Å²) in [5.74, 6) is -0.233. The first-order chi connectivity index (χ1) is 11.4. The molecule has 132 valence electrons. The van der Waals surface area contributed by atoms with Gasteiger partial charge in [-0.05, 0) is 18.2 Å². The normalized spacial score (nSPS) is 11.9. The van der Waals surface area contributed by atoms with Gasteiger partial charge in [0.2, 0.25) is 0 Å². The van der Waals surface area contributed by atoms with E-state index in [9.17, 15) is 23.2 Å². The van der Waals surface area contributed by atoms with Gasteiger partial charge in [0.1, 0.15) is 16.6 Å². The molecule has 8 heteroatoms. The van der Waals surface area contributed by atoms with Gasteiger partial charge in [-0.3, -0.25) is 4.79 Å². The molecular weight excluding hydrogens is 351 g/mol. The smallest absolute Gasteiger partial charge is 0.396 e. The summed E-state index contributed by atoms with van der Waals surface area (Å²) in [7, 11) is 0. The van der Waals surface area contributed by atoms with Crippen LogP contribution >= 0.6 is 11.3 Å². The Labute approximate surface area is 147 Å². The molecule has 0 saturated heterocycles. The highest BCUT2D eigenvalue weighted by Gasteiger charge is 2.31. The van der Waals surface area contributed by atoms with Gasteiger partial charge in [0, 0.05) is 11.1 Å². The number of carbonyl (C=O) groups excluding carboxylic acids is 1. The molecule has 4 nitrogen and oxygen atoms in total. The molecule has 2 aromatic rings. The Hall–Kier alpha value is -2.53. The lowest BCUT2D eigenvalue weighted by Gasteiger charge is -2.15. The van der Waals surface area contributed by atoms with E-state index in [1.165, 1.54) is 12.1 Å². The van der Waals surface area contributed by atoms with Crippen LogP contribution in [0.15, 0.2) is 24.3 Å². The second-order valence-electron chi connectivity index (χ2n) is 6.44. The molecule has 1 heterocycles. The van der Waals surface area contributed by atoms with Crippen LogP contribution in [0.3, 0.4) is 0 Å². The van der Waals surface area contributed by atoms with Crippen LogP contribution in [-0.2, 0) is 6.18 Å². The molecule has 25 heavy (non-hydrogen) atoms. The molecule has 0 aliphatic carbocycles. The Morgan fingerprint density at radius 3 is 2.44 bits per heavy atom. The van der Waals surface area contributed by atoms with Gasteiger partial charge in [-0.2, -0.15) is 18.4 Å². The molecule has 0 aliphatic rings. The minimum atomic E-state index is -4.47. The Kier molecular flexibility index (Phi) is 4.82. The topological polar surface area (TPSA) is 78.9 Å². The predicted octanol–water partition coefficient (Wildman–Crippen LogP) is 5.19. The summed E-state index contributed by atoms with van der Waals surface area (Å²) in [6.45, 7) is 5.17. The number of Topliss-reactive ketones (excluding diaryl/α,β-unsaturated/α-hetero) is 1.